The largest absolute Gasteiger partial charge is 0.459 e. The Morgan fingerprint density at radius 2 is 2.09 bits per heavy atom. The minimum atomic E-state index is 0.369. The molecule has 0 aliphatic heterocycles. The minimum Gasteiger partial charge on any atom is -0.459 e. The van der Waals surface area contributed by atoms with Crippen molar-refractivity contribution in [3.63, 3.8) is 0 Å². The van der Waals surface area contributed by atoms with Crippen LogP contribution < -0.4 is 0 Å². The molecule has 0 bridgehead atoms. The molecular weight excluding hydrogens is 334 g/mol. The van der Waals surface area contributed by atoms with Crippen molar-refractivity contribution in [1.82, 2.24) is 15.2 Å². The van der Waals surface area contributed by atoms with E-state index in [1.165, 1.54) is 11.8 Å². The molecule has 0 atom stereocenters. The third-order valence-corrected chi connectivity index (χ3v) is 4.78. The van der Waals surface area contributed by atoms with Crippen molar-refractivity contribution in [2.24, 2.45) is 0 Å². The molecule has 0 aromatic carbocycles. The highest BCUT2D eigenvalue weighted by Gasteiger charge is 2.15. The number of nitrogens with zero attached hydrogens (tertiary/aromatic N) is 3. The van der Waals surface area contributed by atoms with Gasteiger partial charge in [0.05, 0.1) is 16.8 Å². The molecular formula is C15H11N3O3S2. The first-order chi connectivity index (χ1) is 11.3. The Morgan fingerprint density at radius 1 is 1.13 bits per heavy atom. The van der Waals surface area contributed by atoms with Crippen LogP contribution in [-0.4, -0.2) is 15.2 Å². The summed E-state index contributed by atoms with van der Waals surface area (Å²) in [6.45, 7) is 1.90. The van der Waals surface area contributed by atoms with Gasteiger partial charge in [-0.25, -0.2) is 4.98 Å². The van der Waals surface area contributed by atoms with Crippen LogP contribution in [0.3, 0.4) is 0 Å². The highest BCUT2D eigenvalue weighted by atomic mass is 32.2. The number of aromatic nitrogens is 3. The van der Waals surface area contributed by atoms with Crippen LogP contribution >= 0.6 is 23.1 Å². The molecule has 0 unspecified atom stereocenters. The van der Waals surface area contributed by atoms with Gasteiger partial charge < -0.3 is 13.3 Å². The summed E-state index contributed by atoms with van der Waals surface area (Å²) < 4.78 is 16.5. The molecule has 4 aromatic heterocycles. The standard InChI is InChI=1S/C15H11N3O3S2/c1-9-10(16-14(20-9)12-5-3-7-22-12)8-23-15-18-17-13(21-15)11-4-2-6-19-11/h2-7H,8H2,1H3. The van der Waals surface area contributed by atoms with Gasteiger partial charge >= 0.3 is 0 Å². The van der Waals surface area contributed by atoms with Crippen molar-refractivity contribution in [2.75, 3.05) is 0 Å². The number of hydrogen-bond donors (Lipinski definition) is 0. The average Bonchev–Trinajstić information content (AvgIpc) is 3.32. The van der Waals surface area contributed by atoms with Crippen molar-refractivity contribution in [1.29, 1.82) is 0 Å². The Morgan fingerprint density at radius 3 is 2.87 bits per heavy atom. The first-order valence-corrected chi connectivity index (χ1v) is 8.66. The van der Waals surface area contributed by atoms with E-state index in [4.69, 9.17) is 13.3 Å². The normalized spacial score (nSPS) is 11.2. The number of aryl methyl sites for hydroxylation is 1. The van der Waals surface area contributed by atoms with E-state index in [1.807, 2.05) is 24.4 Å². The lowest BCUT2D eigenvalue weighted by Crippen LogP contribution is -1.84. The van der Waals surface area contributed by atoms with Crippen LogP contribution in [0.4, 0.5) is 0 Å². The van der Waals surface area contributed by atoms with Gasteiger partial charge in [0.1, 0.15) is 5.76 Å². The lowest BCUT2D eigenvalue weighted by atomic mass is 10.4. The summed E-state index contributed by atoms with van der Waals surface area (Å²) in [7, 11) is 0. The fraction of sp³-hybridized carbons (Fsp3) is 0.133. The Hall–Kier alpha value is -2.32. The zero-order chi connectivity index (χ0) is 15.6. The fourth-order valence-corrected chi connectivity index (χ4v) is 3.38. The summed E-state index contributed by atoms with van der Waals surface area (Å²) in [5.74, 6) is 2.97. The van der Waals surface area contributed by atoms with Crippen LogP contribution in [0.2, 0.25) is 0 Å². The number of thiophene rings is 1. The maximum absolute atomic E-state index is 5.72. The summed E-state index contributed by atoms with van der Waals surface area (Å²) in [5.41, 5.74) is 0.871. The van der Waals surface area contributed by atoms with Crippen molar-refractivity contribution < 1.29 is 13.3 Å². The van der Waals surface area contributed by atoms with Crippen molar-refractivity contribution in [3.8, 4) is 22.4 Å². The SMILES string of the molecule is Cc1oc(-c2cccs2)nc1CSc1nnc(-c2ccco2)o1. The van der Waals surface area contributed by atoms with Gasteiger partial charge in [0.15, 0.2) is 5.76 Å². The predicted molar refractivity (Wildman–Crippen MR) is 86.1 cm³/mol. The number of oxazole rings is 1. The second-order valence-electron chi connectivity index (χ2n) is 4.64. The van der Waals surface area contributed by atoms with E-state index in [1.54, 1.807) is 29.7 Å². The summed E-state index contributed by atoms with van der Waals surface area (Å²) in [6, 6.07) is 7.51. The molecule has 0 saturated heterocycles. The molecule has 0 aliphatic carbocycles. The molecule has 0 fully saturated rings. The highest BCUT2D eigenvalue weighted by Crippen LogP contribution is 2.30. The summed E-state index contributed by atoms with van der Waals surface area (Å²) in [6.07, 6.45) is 1.57. The van der Waals surface area contributed by atoms with Gasteiger partial charge in [-0.1, -0.05) is 17.8 Å². The molecule has 8 heteroatoms. The zero-order valence-corrected chi connectivity index (χ0v) is 13.7. The lowest BCUT2D eigenvalue weighted by Gasteiger charge is -1.92. The van der Waals surface area contributed by atoms with Crippen molar-refractivity contribution in [3.05, 3.63) is 47.4 Å². The summed E-state index contributed by atoms with van der Waals surface area (Å²) in [5, 5.41) is 10.4. The average molecular weight is 345 g/mol. The molecule has 4 aromatic rings. The van der Waals surface area contributed by atoms with E-state index in [-0.39, 0.29) is 0 Å². The third kappa shape index (κ3) is 2.95. The third-order valence-electron chi connectivity index (χ3n) is 3.10. The van der Waals surface area contributed by atoms with Gasteiger partial charge in [0, 0.05) is 5.75 Å². The predicted octanol–water partition coefficient (Wildman–Crippen LogP) is 4.65. The molecule has 0 spiro atoms. The second-order valence-corrected chi connectivity index (χ2v) is 6.51. The topological polar surface area (TPSA) is 78.1 Å². The van der Waals surface area contributed by atoms with Gasteiger partial charge in [-0.15, -0.1) is 21.5 Å². The summed E-state index contributed by atoms with van der Waals surface area (Å²) in [4.78, 5) is 5.55. The minimum absolute atomic E-state index is 0.369. The van der Waals surface area contributed by atoms with E-state index in [9.17, 15) is 0 Å². The molecule has 0 aliphatic rings. The molecule has 23 heavy (non-hydrogen) atoms. The van der Waals surface area contributed by atoms with E-state index in [2.05, 4.69) is 15.2 Å². The molecule has 116 valence electrons. The van der Waals surface area contributed by atoms with Gasteiger partial charge in [-0.3, -0.25) is 0 Å². The molecule has 0 saturated carbocycles. The van der Waals surface area contributed by atoms with Gasteiger partial charge in [-0.05, 0) is 30.5 Å². The van der Waals surface area contributed by atoms with Gasteiger partial charge in [0.2, 0.25) is 5.89 Å². The van der Waals surface area contributed by atoms with E-state index in [0.717, 1.165) is 16.3 Å². The number of furan rings is 1. The molecule has 0 amide bonds. The quantitative estimate of drug-likeness (QED) is 0.487. The Labute approximate surface area is 139 Å². The van der Waals surface area contributed by atoms with E-state index < -0.39 is 0 Å². The maximum atomic E-state index is 5.72. The fourth-order valence-electron chi connectivity index (χ4n) is 1.97. The Balaban J connectivity index is 1.47. The number of thioether (sulfide) groups is 1. The maximum Gasteiger partial charge on any atom is 0.284 e. The number of hydrogen-bond acceptors (Lipinski definition) is 8. The Kier molecular flexibility index (Phi) is 3.76. The smallest absolute Gasteiger partial charge is 0.284 e. The first kappa shape index (κ1) is 14.3. The summed E-state index contributed by atoms with van der Waals surface area (Å²) >= 11 is 3.02. The van der Waals surface area contributed by atoms with Crippen LogP contribution in [0.1, 0.15) is 11.5 Å². The van der Waals surface area contributed by atoms with Gasteiger partial charge in [0.25, 0.3) is 11.1 Å². The van der Waals surface area contributed by atoms with Crippen LogP contribution in [0.15, 0.2) is 54.4 Å². The first-order valence-electron chi connectivity index (χ1n) is 6.80. The van der Waals surface area contributed by atoms with Crippen LogP contribution in [0.5, 0.6) is 0 Å². The number of rotatable bonds is 5. The van der Waals surface area contributed by atoms with E-state index in [0.29, 0.717) is 28.5 Å². The van der Waals surface area contributed by atoms with Gasteiger partial charge in [-0.2, -0.15) is 0 Å². The molecule has 0 N–H and O–H groups in total. The Bertz CT molecular complexity index is 895. The second kappa shape index (κ2) is 6.05. The molecule has 0 radical (unpaired) electrons. The van der Waals surface area contributed by atoms with Crippen LogP contribution in [0.25, 0.3) is 22.4 Å². The lowest BCUT2D eigenvalue weighted by molar-refractivity contribution is 0.447. The van der Waals surface area contributed by atoms with Crippen LogP contribution in [0, 0.1) is 6.92 Å². The van der Waals surface area contributed by atoms with Crippen molar-refractivity contribution in [2.45, 2.75) is 17.9 Å². The molecule has 4 rings (SSSR count). The van der Waals surface area contributed by atoms with Crippen molar-refractivity contribution >= 4 is 23.1 Å². The zero-order valence-electron chi connectivity index (χ0n) is 12.1. The highest BCUT2D eigenvalue weighted by molar-refractivity contribution is 7.98. The molecule has 6 nitrogen and oxygen atoms in total. The van der Waals surface area contributed by atoms with Crippen LogP contribution in [-0.2, 0) is 5.75 Å². The van der Waals surface area contributed by atoms with E-state index >= 15 is 0 Å². The monoisotopic (exact) mass is 345 g/mol. The molecule has 4 heterocycles.